The lowest BCUT2D eigenvalue weighted by atomic mass is 10.1. The fraction of sp³-hybridized carbons (Fsp3) is 0.625. The number of carboxylic acids is 1. The van der Waals surface area contributed by atoms with E-state index in [1.54, 1.807) is 0 Å². The Labute approximate surface area is 66.0 Å². The van der Waals surface area contributed by atoms with E-state index in [1.807, 2.05) is 4.90 Å². The van der Waals surface area contributed by atoms with Crippen LogP contribution in [0, 0.1) is 18.3 Å². The first-order valence-electron chi connectivity index (χ1n) is 3.62. The normalized spacial score (nSPS) is 24.8. The van der Waals surface area contributed by atoms with Crippen molar-refractivity contribution >= 4 is 5.97 Å². The summed E-state index contributed by atoms with van der Waals surface area (Å²) in [7, 11) is 0. The van der Waals surface area contributed by atoms with Crippen molar-refractivity contribution in [2.24, 2.45) is 5.92 Å². The molecule has 1 unspecified atom stereocenters. The average Bonchev–Trinajstić information content (AvgIpc) is 2.37. The summed E-state index contributed by atoms with van der Waals surface area (Å²) in [6.07, 6.45) is 5.82. The van der Waals surface area contributed by atoms with E-state index in [1.165, 1.54) is 0 Å². The van der Waals surface area contributed by atoms with E-state index in [0.717, 1.165) is 13.0 Å². The number of carboxylic acid groups (broad SMARTS) is 1. The third-order valence-corrected chi connectivity index (χ3v) is 1.94. The SMILES string of the molecule is C#CCN1CCC(C(=O)O)C1. The number of nitrogens with zero attached hydrogens (tertiary/aromatic N) is 1. The lowest BCUT2D eigenvalue weighted by Crippen LogP contribution is -2.23. The zero-order valence-corrected chi connectivity index (χ0v) is 6.29. The fourth-order valence-electron chi connectivity index (χ4n) is 1.31. The topological polar surface area (TPSA) is 40.5 Å². The van der Waals surface area contributed by atoms with E-state index in [2.05, 4.69) is 5.92 Å². The highest BCUT2D eigenvalue weighted by Crippen LogP contribution is 2.14. The van der Waals surface area contributed by atoms with Crippen molar-refractivity contribution in [2.45, 2.75) is 6.42 Å². The second-order valence-corrected chi connectivity index (χ2v) is 2.76. The zero-order valence-electron chi connectivity index (χ0n) is 6.29. The molecule has 1 N–H and O–H groups in total. The van der Waals surface area contributed by atoms with Crippen LogP contribution in [0.2, 0.25) is 0 Å². The third kappa shape index (κ3) is 1.95. The molecule has 1 heterocycles. The quantitative estimate of drug-likeness (QED) is 0.569. The van der Waals surface area contributed by atoms with Crippen LogP contribution in [0.5, 0.6) is 0 Å². The molecule has 11 heavy (non-hydrogen) atoms. The molecule has 3 nitrogen and oxygen atoms in total. The Morgan fingerprint density at radius 3 is 3.00 bits per heavy atom. The summed E-state index contributed by atoms with van der Waals surface area (Å²) in [6.45, 7) is 2.00. The van der Waals surface area contributed by atoms with Gasteiger partial charge in [0.1, 0.15) is 0 Å². The van der Waals surface area contributed by atoms with Gasteiger partial charge in [0.15, 0.2) is 0 Å². The molecule has 0 radical (unpaired) electrons. The maximum Gasteiger partial charge on any atom is 0.307 e. The predicted octanol–water partition coefficient (Wildman–Crippen LogP) is 0.0261. The lowest BCUT2D eigenvalue weighted by Gasteiger charge is -2.09. The van der Waals surface area contributed by atoms with Crippen molar-refractivity contribution < 1.29 is 9.90 Å². The minimum absolute atomic E-state index is 0.205. The van der Waals surface area contributed by atoms with Gasteiger partial charge in [-0.1, -0.05) is 5.92 Å². The molecule has 60 valence electrons. The van der Waals surface area contributed by atoms with Crippen LogP contribution in [0.1, 0.15) is 6.42 Å². The standard InChI is InChI=1S/C8H11NO2/c1-2-4-9-5-3-7(6-9)8(10)11/h1,7H,3-6H2,(H,10,11). The summed E-state index contributed by atoms with van der Waals surface area (Å²) in [5, 5.41) is 8.62. The Hall–Kier alpha value is -1.01. The average molecular weight is 153 g/mol. The summed E-state index contributed by atoms with van der Waals surface area (Å²) in [6, 6.07) is 0. The highest BCUT2D eigenvalue weighted by Gasteiger charge is 2.26. The van der Waals surface area contributed by atoms with Crippen LogP contribution in [0.3, 0.4) is 0 Å². The van der Waals surface area contributed by atoms with Gasteiger partial charge in [-0.05, 0) is 13.0 Å². The zero-order chi connectivity index (χ0) is 8.27. The third-order valence-electron chi connectivity index (χ3n) is 1.94. The van der Waals surface area contributed by atoms with Crippen molar-refractivity contribution in [1.82, 2.24) is 4.90 Å². The Bertz CT molecular complexity index is 195. The Kier molecular flexibility index (Phi) is 2.50. The van der Waals surface area contributed by atoms with Gasteiger partial charge in [-0.2, -0.15) is 0 Å². The molecule has 0 amide bonds. The van der Waals surface area contributed by atoms with E-state index < -0.39 is 5.97 Å². The van der Waals surface area contributed by atoms with Crippen molar-refractivity contribution in [3.05, 3.63) is 0 Å². The fourth-order valence-corrected chi connectivity index (χ4v) is 1.31. The van der Waals surface area contributed by atoms with E-state index in [4.69, 9.17) is 11.5 Å². The van der Waals surface area contributed by atoms with Crippen molar-refractivity contribution in [1.29, 1.82) is 0 Å². The Balaban J connectivity index is 2.36. The van der Waals surface area contributed by atoms with Crippen LogP contribution < -0.4 is 0 Å². The first-order valence-corrected chi connectivity index (χ1v) is 3.62. The van der Waals surface area contributed by atoms with E-state index in [0.29, 0.717) is 13.1 Å². The maximum absolute atomic E-state index is 10.5. The molecule has 0 aliphatic carbocycles. The highest BCUT2D eigenvalue weighted by atomic mass is 16.4. The molecule has 0 aromatic carbocycles. The van der Waals surface area contributed by atoms with Crippen molar-refractivity contribution in [2.75, 3.05) is 19.6 Å². The minimum atomic E-state index is -0.704. The van der Waals surface area contributed by atoms with Crippen LogP contribution in [0.15, 0.2) is 0 Å². The molecule has 0 bridgehead atoms. The summed E-state index contributed by atoms with van der Waals surface area (Å²) < 4.78 is 0. The molecule has 1 aliphatic rings. The molecule has 0 spiro atoms. The van der Waals surface area contributed by atoms with Crippen molar-refractivity contribution in [3.8, 4) is 12.3 Å². The van der Waals surface area contributed by atoms with Gasteiger partial charge in [0, 0.05) is 6.54 Å². The number of hydrogen-bond donors (Lipinski definition) is 1. The number of carbonyl (C=O) groups is 1. The molecule has 1 saturated heterocycles. The maximum atomic E-state index is 10.5. The summed E-state index contributed by atoms with van der Waals surface area (Å²) >= 11 is 0. The lowest BCUT2D eigenvalue weighted by molar-refractivity contribution is -0.141. The molecule has 1 atom stereocenters. The number of rotatable bonds is 2. The van der Waals surface area contributed by atoms with Crippen LogP contribution in [-0.2, 0) is 4.79 Å². The molecule has 1 fully saturated rings. The Morgan fingerprint density at radius 2 is 2.55 bits per heavy atom. The van der Waals surface area contributed by atoms with Crippen LogP contribution in [0.4, 0.5) is 0 Å². The molecule has 3 heteroatoms. The molecular formula is C8H11NO2. The second kappa shape index (κ2) is 3.40. The van der Waals surface area contributed by atoms with Gasteiger partial charge < -0.3 is 5.11 Å². The van der Waals surface area contributed by atoms with Gasteiger partial charge in [-0.3, -0.25) is 9.69 Å². The van der Waals surface area contributed by atoms with Crippen LogP contribution in [-0.4, -0.2) is 35.6 Å². The van der Waals surface area contributed by atoms with Crippen molar-refractivity contribution in [3.63, 3.8) is 0 Å². The minimum Gasteiger partial charge on any atom is -0.481 e. The molecule has 0 saturated carbocycles. The number of hydrogen-bond acceptors (Lipinski definition) is 2. The first-order chi connectivity index (χ1) is 5.24. The van der Waals surface area contributed by atoms with Gasteiger partial charge in [0.25, 0.3) is 0 Å². The second-order valence-electron chi connectivity index (χ2n) is 2.76. The van der Waals surface area contributed by atoms with Gasteiger partial charge >= 0.3 is 5.97 Å². The predicted molar refractivity (Wildman–Crippen MR) is 41.0 cm³/mol. The van der Waals surface area contributed by atoms with Crippen LogP contribution in [0.25, 0.3) is 0 Å². The van der Waals surface area contributed by atoms with E-state index >= 15 is 0 Å². The Morgan fingerprint density at radius 1 is 1.82 bits per heavy atom. The summed E-state index contributed by atoms with van der Waals surface area (Å²) in [5.41, 5.74) is 0. The number of likely N-dealkylation sites (tertiary alicyclic amines) is 1. The number of aliphatic carboxylic acids is 1. The molecule has 1 aliphatic heterocycles. The molecule has 1 rings (SSSR count). The van der Waals surface area contributed by atoms with E-state index in [-0.39, 0.29) is 5.92 Å². The van der Waals surface area contributed by atoms with Gasteiger partial charge in [0.05, 0.1) is 12.5 Å². The monoisotopic (exact) mass is 153 g/mol. The van der Waals surface area contributed by atoms with Gasteiger partial charge in [0.2, 0.25) is 0 Å². The number of terminal acetylenes is 1. The van der Waals surface area contributed by atoms with Crippen LogP contribution >= 0.6 is 0 Å². The summed E-state index contributed by atoms with van der Waals surface area (Å²) in [4.78, 5) is 12.5. The van der Waals surface area contributed by atoms with Gasteiger partial charge in [-0.15, -0.1) is 6.42 Å². The van der Waals surface area contributed by atoms with Gasteiger partial charge in [-0.25, -0.2) is 0 Å². The smallest absolute Gasteiger partial charge is 0.307 e. The molecule has 0 aromatic heterocycles. The first kappa shape index (κ1) is 8.09. The molecule has 0 aromatic rings. The highest BCUT2D eigenvalue weighted by molar-refractivity contribution is 5.70. The van der Waals surface area contributed by atoms with E-state index in [9.17, 15) is 4.79 Å². The largest absolute Gasteiger partial charge is 0.481 e. The summed E-state index contributed by atoms with van der Waals surface area (Å²) in [5.74, 6) is 1.59. The molecular weight excluding hydrogens is 142 g/mol.